The number of nitriles is 2. The monoisotopic (exact) mass is 179 g/mol. The van der Waals surface area contributed by atoms with E-state index in [0.717, 1.165) is 0 Å². The maximum absolute atomic E-state index is 9.83. The van der Waals surface area contributed by atoms with Gasteiger partial charge in [-0.25, -0.2) is 0 Å². The highest BCUT2D eigenvalue weighted by molar-refractivity contribution is 7.79. The van der Waals surface area contributed by atoms with Crippen LogP contribution in [0.3, 0.4) is 0 Å². The third-order valence-electron chi connectivity index (χ3n) is 0.614. The van der Waals surface area contributed by atoms with Crippen molar-refractivity contribution < 1.29 is 8.76 Å². The van der Waals surface area contributed by atoms with Crippen molar-refractivity contribution in [2.45, 2.75) is 0 Å². The van der Waals surface area contributed by atoms with Gasteiger partial charge in [-0.3, -0.25) is 4.21 Å². The van der Waals surface area contributed by atoms with Gasteiger partial charge >= 0.3 is 0 Å². The topological polar surface area (TPSA) is 87.7 Å². The summed E-state index contributed by atoms with van der Waals surface area (Å²) in [4.78, 5) is 0. The van der Waals surface area contributed by atoms with Gasteiger partial charge in [0.1, 0.15) is 5.92 Å². The minimum absolute atomic E-state index is 0. The minimum Gasteiger partial charge on any atom is -0.772 e. The molecular formula is C4H4ClN2O2S-. The summed E-state index contributed by atoms with van der Waals surface area (Å²) in [6.45, 7) is 0. The van der Waals surface area contributed by atoms with Crippen LogP contribution in [-0.4, -0.2) is 14.5 Å². The van der Waals surface area contributed by atoms with Crippen LogP contribution in [0.5, 0.6) is 0 Å². The summed E-state index contributed by atoms with van der Waals surface area (Å²) >= 11 is -2.29. The fraction of sp³-hybridized carbons (Fsp3) is 0.500. The molecule has 0 aromatic rings. The van der Waals surface area contributed by atoms with E-state index >= 15 is 0 Å². The largest absolute Gasteiger partial charge is 0.772 e. The molecule has 0 aliphatic rings. The Morgan fingerprint density at radius 3 is 2.00 bits per heavy atom. The molecule has 0 N–H and O–H groups in total. The van der Waals surface area contributed by atoms with Gasteiger partial charge in [0.15, 0.2) is 0 Å². The molecule has 10 heavy (non-hydrogen) atoms. The molecule has 0 bridgehead atoms. The highest BCUT2D eigenvalue weighted by atomic mass is 35.5. The second-order valence-corrected chi connectivity index (χ2v) is 2.22. The van der Waals surface area contributed by atoms with Crippen molar-refractivity contribution in [3.63, 3.8) is 0 Å². The molecule has 6 heteroatoms. The van der Waals surface area contributed by atoms with E-state index in [1.54, 1.807) is 0 Å². The molecule has 0 saturated heterocycles. The Hall–Kier alpha value is -0.620. The van der Waals surface area contributed by atoms with Crippen molar-refractivity contribution in [1.29, 1.82) is 10.5 Å². The van der Waals surface area contributed by atoms with Crippen LogP contribution in [0.1, 0.15) is 0 Å². The first kappa shape index (κ1) is 12.1. The van der Waals surface area contributed by atoms with E-state index in [0.29, 0.717) is 0 Å². The zero-order valence-electron chi connectivity index (χ0n) is 4.81. The molecule has 56 valence electrons. The summed E-state index contributed by atoms with van der Waals surface area (Å²) in [5.74, 6) is -1.42. The van der Waals surface area contributed by atoms with Gasteiger partial charge in [-0.1, -0.05) is 11.1 Å². The molecule has 0 rings (SSSR count). The Morgan fingerprint density at radius 1 is 1.50 bits per heavy atom. The predicted molar refractivity (Wildman–Crippen MR) is 35.8 cm³/mol. The van der Waals surface area contributed by atoms with Gasteiger partial charge in [-0.05, 0) is 0 Å². The predicted octanol–water partition coefficient (Wildman–Crippen LogP) is -0.0493. The summed E-state index contributed by atoms with van der Waals surface area (Å²) in [5.41, 5.74) is 0. The number of rotatable bonds is 2. The molecule has 0 aromatic heterocycles. The standard InChI is InChI=1S/C4H4N2O2S.ClH/c5-1-4(2-6)3-9(7)8;/h4H,3H2,(H,7,8);1H/p-1. The van der Waals surface area contributed by atoms with E-state index in [9.17, 15) is 8.76 Å². The van der Waals surface area contributed by atoms with Gasteiger partial charge in [0.25, 0.3) is 0 Å². The average Bonchev–Trinajstić information content (AvgIpc) is 1.82. The number of halogens is 1. The summed E-state index contributed by atoms with van der Waals surface area (Å²) < 4.78 is 19.7. The van der Waals surface area contributed by atoms with Crippen LogP contribution in [0, 0.1) is 28.6 Å². The third-order valence-corrected chi connectivity index (χ3v) is 1.22. The minimum atomic E-state index is -2.29. The smallest absolute Gasteiger partial charge is 0.143 e. The van der Waals surface area contributed by atoms with Crippen molar-refractivity contribution in [3.8, 4) is 12.1 Å². The van der Waals surface area contributed by atoms with Crippen molar-refractivity contribution in [2.24, 2.45) is 5.92 Å². The number of hydrogen-bond donors (Lipinski definition) is 0. The normalized spacial score (nSPS) is 10.8. The first-order valence-electron chi connectivity index (χ1n) is 2.05. The summed E-state index contributed by atoms with van der Waals surface area (Å²) in [7, 11) is 0. The van der Waals surface area contributed by atoms with Crippen molar-refractivity contribution in [3.05, 3.63) is 0 Å². The summed E-state index contributed by atoms with van der Waals surface area (Å²) in [6.07, 6.45) is 0. The van der Waals surface area contributed by atoms with Crippen molar-refractivity contribution >= 4 is 23.5 Å². The van der Waals surface area contributed by atoms with Crippen molar-refractivity contribution in [2.75, 3.05) is 5.75 Å². The zero-order valence-corrected chi connectivity index (χ0v) is 6.44. The van der Waals surface area contributed by atoms with E-state index in [1.165, 1.54) is 12.1 Å². The zero-order chi connectivity index (χ0) is 7.28. The summed E-state index contributed by atoms with van der Waals surface area (Å²) in [5, 5.41) is 16.1. The Morgan fingerprint density at radius 2 is 1.90 bits per heavy atom. The molecule has 0 radical (unpaired) electrons. The lowest BCUT2D eigenvalue weighted by Gasteiger charge is -2.01. The SMILES string of the molecule is Cl.N#CC(C#N)CS(=O)[O-]. The van der Waals surface area contributed by atoms with Gasteiger partial charge in [0, 0.05) is 5.75 Å². The first-order chi connectivity index (χ1) is 4.20. The molecule has 0 aliphatic heterocycles. The molecule has 0 amide bonds. The second kappa shape index (κ2) is 6.50. The molecule has 0 spiro atoms. The first-order valence-corrected chi connectivity index (χ1v) is 3.30. The molecule has 0 fully saturated rings. The number of nitrogens with zero attached hydrogens (tertiary/aromatic N) is 2. The van der Waals surface area contributed by atoms with Crippen LogP contribution in [0.2, 0.25) is 0 Å². The highest BCUT2D eigenvalue weighted by Crippen LogP contribution is 1.92. The van der Waals surface area contributed by atoms with Crippen LogP contribution in [0.15, 0.2) is 0 Å². The van der Waals surface area contributed by atoms with E-state index in [4.69, 9.17) is 10.5 Å². The molecule has 4 nitrogen and oxygen atoms in total. The molecular weight excluding hydrogens is 176 g/mol. The van der Waals surface area contributed by atoms with Crippen molar-refractivity contribution in [1.82, 2.24) is 0 Å². The second-order valence-electron chi connectivity index (χ2n) is 1.28. The van der Waals surface area contributed by atoms with Gasteiger partial charge < -0.3 is 4.55 Å². The summed E-state index contributed by atoms with van der Waals surface area (Å²) in [6, 6.07) is 3.06. The Balaban J connectivity index is 0. The molecule has 0 aromatic carbocycles. The Labute approximate surface area is 67.1 Å². The quantitative estimate of drug-likeness (QED) is 0.556. The van der Waals surface area contributed by atoms with E-state index < -0.39 is 22.8 Å². The molecule has 1 unspecified atom stereocenters. The molecule has 0 heterocycles. The van der Waals surface area contributed by atoms with Gasteiger partial charge in [0.2, 0.25) is 0 Å². The lowest BCUT2D eigenvalue weighted by Crippen LogP contribution is -2.05. The lowest BCUT2D eigenvalue weighted by molar-refractivity contribution is 0.534. The van der Waals surface area contributed by atoms with E-state index in [1.807, 2.05) is 0 Å². The van der Waals surface area contributed by atoms with Crippen LogP contribution in [-0.2, 0) is 11.1 Å². The van der Waals surface area contributed by atoms with Crippen LogP contribution in [0.25, 0.3) is 0 Å². The van der Waals surface area contributed by atoms with Gasteiger partial charge in [-0.15, -0.1) is 12.4 Å². The van der Waals surface area contributed by atoms with E-state index in [-0.39, 0.29) is 12.4 Å². The fourth-order valence-electron chi connectivity index (χ4n) is 0.239. The maximum atomic E-state index is 9.83. The van der Waals surface area contributed by atoms with E-state index in [2.05, 4.69) is 0 Å². The molecule has 0 aliphatic carbocycles. The van der Waals surface area contributed by atoms with Crippen LogP contribution in [0.4, 0.5) is 0 Å². The molecule has 1 atom stereocenters. The fourth-order valence-corrected chi connectivity index (χ4v) is 0.661. The highest BCUT2D eigenvalue weighted by Gasteiger charge is 2.02. The Kier molecular flexibility index (Phi) is 7.86. The molecule has 0 saturated carbocycles. The van der Waals surface area contributed by atoms with Gasteiger partial charge in [0.05, 0.1) is 12.1 Å². The maximum Gasteiger partial charge on any atom is 0.143 e. The van der Waals surface area contributed by atoms with Crippen LogP contribution >= 0.6 is 12.4 Å². The lowest BCUT2D eigenvalue weighted by atomic mass is 10.2. The van der Waals surface area contributed by atoms with Crippen LogP contribution < -0.4 is 0 Å². The van der Waals surface area contributed by atoms with Gasteiger partial charge in [-0.2, -0.15) is 10.5 Å². The Bertz CT molecular complexity index is 180. The third kappa shape index (κ3) is 5.52. The number of hydrogen-bond acceptors (Lipinski definition) is 4. The average molecular weight is 180 g/mol.